The van der Waals surface area contributed by atoms with Gasteiger partial charge in [0.25, 0.3) is 0 Å². The second kappa shape index (κ2) is 3.82. The van der Waals surface area contributed by atoms with Crippen LogP contribution < -0.4 is 0 Å². The molecule has 2 rings (SSSR count). The van der Waals surface area contributed by atoms with Crippen LogP contribution in [0.2, 0.25) is 0 Å². The normalized spacial score (nSPS) is 27.2. The van der Waals surface area contributed by atoms with Gasteiger partial charge in [-0.15, -0.1) is 0 Å². The Balaban J connectivity index is 2.40. The summed E-state index contributed by atoms with van der Waals surface area (Å²) in [5.74, 6) is 0.794. The third-order valence-corrected chi connectivity index (χ3v) is 4.73. The third-order valence-electron chi connectivity index (χ3n) is 2.47. The summed E-state index contributed by atoms with van der Waals surface area (Å²) in [6.45, 7) is 0. The first-order valence-electron chi connectivity index (χ1n) is 4.10. The zero-order chi connectivity index (χ0) is 8.55. The van der Waals surface area contributed by atoms with Gasteiger partial charge in [-0.1, -0.05) is 69.4 Å². The van der Waals surface area contributed by atoms with Crippen LogP contribution in [0.1, 0.15) is 17.0 Å². The van der Waals surface area contributed by atoms with E-state index in [1.54, 1.807) is 11.1 Å². The molecule has 2 unspecified atom stereocenters. The predicted molar refractivity (Wildman–Crippen MR) is 69.6 cm³/mol. The SMILES string of the molecule is ICC1c2ccccc2CC1I. The van der Waals surface area contributed by atoms with E-state index in [0.717, 1.165) is 9.84 Å². The van der Waals surface area contributed by atoms with E-state index in [-0.39, 0.29) is 0 Å². The summed E-state index contributed by atoms with van der Waals surface area (Å²) in [6.07, 6.45) is 1.27. The molecule has 2 heteroatoms. The van der Waals surface area contributed by atoms with Crippen molar-refractivity contribution in [3.05, 3.63) is 35.4 Å². The van der Waals surface area contributed by atoms with Crippen LogP contribution in [-0.4, -0.2) is 8.35 Å². The zero-order valence-corrected chi connectivity index (χ0v) is 10.9. The first-order chi connectivity index (χ1) is 5.83. The lowest BCUT2D eigenvalue weighted by Gasteiger charge is -2.10. The summed E-state index contributed by atoms with van der Waals surface area (Å²) in [6, 6.07) is 8.87. The second-order valence-electron chi connectivity index (χ2n) is 3.18. The summed E-state index contributed by atoms with van der Waals surface area (Å²) in [5.41, 5.74) is 3.16. The van der Waals surface area contributed by atoms with Crippen molar-refractivity contribution in [2.75, 3.05) is 4.43 Å². The molecular weight excluding hydrogens is 374 g/mol. The largest absolute Gasteiger partial charge is 0.0857 e. The summed E-state index contributed by atoms with van der Waals surface area (Å²) < 4.78 is 2.07. The van der Waals surface area contributed by atoms with E-state index in [9.17, 15) is 0 Å². The monoisotopic (exact) mass is 384 g/mol. The Hall–Kier alpha value is 0.680. The van der Waals surface area contributed by atoms with E-state index in [2.05, 4.69) is 69.4 Å². The summed E-state index contributed by atoms with van der Waals surface area (Å²) in [5, 5.41) is 0. The van der Waals surface area contributed by atoms with Crippen molar-refractivity contribution in [2.45, 2.75) is 16.3 Å². The van der Waals surface area contributed by atoms with Crippen molar-refractivity contribution in [3.8, 4) is 0 Å². The Labute approximate surface area is 100 Å². The lowest BCUT2D eigenvalue weighted by atomic mass is 10.0. The number of rotatable bonds is 1. The van der Waals surface area contributed by atoms with E-state index in [1.165, 1.54) is 10.8 Å². The lowest BCUT2D eigenvalue weighted by molar-refractivity contribution is 0.813. The van der Waals surface area contributed by atoms with Crippen LogP contribution in [0.5, 0.6) is 0 Å². The Bertz CT molecular complexity index is 283. The predicted octanol–water partition coefficient (Wildman–Crippen LogP) is 3.56. The Morgan fingerprint density at radius 3 is 2.83 bits per heavy atom. The smallest absolute Gasteiger partial charge is 0.0226 e. The molecule has 0 N–H and O–H groups in total. The van der Waals surface area contributed by atoms with Crippen molar-refractivity contribution in [3.63, 3.8) is 0 Å². The minimum absolute atomic E-state index is 0.794. The number of fused-ring (bicyclic) bond motifs is 1. The number of halogens is 2. The molecule has 0 heterocycles. The second-order valence-corrected chi connectivity index (χ2v) is 5.66. The van der Waals surface area contributed by atoms with E-state index < -0.39 is 0 Å². The molecule has 0 saturated carbocycles. The highest BCUT2D eigenvalue weighted by molar-refractivity contribution is 14.1. The average molecular weight is 384 g/mol. The molecule has 0 radical (unpaired) electrons. The Kier molecular flexibility index (Phi) is 2.94. The van der Waals surface area contributed by atoms with Crippen LogP contribution in [0.15, 0.2) is 24.3 Å². The molecule has 0 spiro atoms. The van der Waals surface area contributed by atoms with Gasteiger partial charge in [-0.2, -0.15) is 0 Å². The maximum Gasteiger partial charge on any atom is 0.0226 e. The van der Waals surface area contributed by atoms with Crippen LogP contribution in [-0.2, 0) is 6.42 Å². The summed E-state index contributed by atoms with van der Waals surface area (Å²) in [4.78, 5) is 0. The fourth-order valence-electron chi connectivity index (χ4n) is 1.81. The average Bonchev–Trinajstić information content (AvgIpc) is 2.40. The maximum atomic E-state index is 2.58. The van der Waals surface area contributed by atoms with Gasteiger partial charge in [0.15, 0.2) is 0 Å². The van der Waals surface area contributed by atoms with Gasteiger partial charge in [0, 0.05) is 14.3 Å². The van der Waals surface area contributed by atoms with Crippen LogP contribution >= 0.6 is 45.2 Å². The van der Waals surface area contributed by atoms with Crippen LogP contribution in [0, 0.1) is 0 Å². The van der Waals surface area contributed by atoms with E-state index >= 15 is 0 Å². The number of hydrogen-bond donors (Lipinski definition) is 0. The van der Waals surface area contributed by atoms with Gasteiger partial charge in [-0.3, -0.25) is 0 Å². The standard InChI is InChI=1S/C10H10I2/c11-6-9-8-4-2-1-3-7(8)5-10(9)12/h1-4,9-10H,5-6H2. The molecule has 0 aliphatic heterocycles. The fraction of sp³-hybridized carbons (Fsp3) is 0.400. The maximum absolute atomic E-state index is 2.58. The van der Waals surface area contributed by atoms with Crippen molar-refractivity contribution in [2.24, 2.45) is 0 Å². The quantitative estimate of drug-likeness (QED) is 0.513. The molecule has 2 atom stereocenters. The van der Waals surface area contributed by atoms with Crippen LogP contribution in [0.3, 0.4) is 0 Å². The van der Waals surface area contributed by atoms with Gasteiger partial charge in [-0.05, 0) is 17.5 Å². The molecule has 0 saturated heterocycles. The first kappa shape index (κ1) is 9.24. The Morgan fingerprint density at radius 2 is 2.08 bits per heavy atom. The molecule has 0 fully saturated rings. The van der Waals surface area contributed by atoms with Gasteiger partial charge in [0.2, 0.25) is 0 Å². The van der Waals surface area contributed by atoms with Gasteiger partial charge < -0.3 is 0 Å². The minimum atomic E-state index is 0.794. The highest BCUT2D eigenvalue weighted by Crippen LogP contribution is 2.38. The molecule has 0 amide bonds. The topological polar surface area (TPSA) is 0 Å². The zero-order valence-electron chi connectivity index (χ0n) is 6.63. The lowest BCUT2D eigenvalue weighted by Crippen LogP contribution is -2.06. The molecule has 1 aliphatic carbocycles. The molecule has 1 aromatic rings. The molecule has 64 valence electrons. The third kappa shape index (κ3) is 1.52. The van der Waals surface area contributed by atoms with Gasteiger partial charge in [0.05, 0.1) is 0 Å². The van der Waals surface area contributed by atoms with E-state index in [4.69, 9.17) is 0 Å². The van der Waals surface area contributed by atoms with Crippen molar-refractivity contribution < 1.29 is 0 Å². The number of benzene rings is 1. The molecule has 0 bridgehead atoms. The van der Waals surface area contributed by atoms with Crippen molar-refractivity contribution in [1.29, 1.82) is 0 Å². The van der Waals surface area contributed by atoms with Crippen molar-refractivity contribution in [1.82, 2.24) is 0 Å². The van der Waals surface area contributed by atoms with E-state index in [0.29, 0.717) is 0 Å². The molecule has 1 aromatic carbocycles. The Morgan fingerprint density at radius 1 is 1.33 bits per heavy atom. The van der Waals surface area contributed by atoms with Crippen LogP contribution in [0.25, 0.3) is 0 Å². The first-order valence-corrected chi connectivity index (χ1v) is 6.88. The van der Waals surface area contributed by atoms with Gasteiger partial charge in [-0.25, -0.2) is 0 Å². The fourth-order valence-corrected chi connectivity index (χ4v) is 4.99. The van der Waals surface area contributed by atoms with Gasteiger partial charge in [0.1, 0.15) is 0 Å². The highest BCUT2D eigenvalue weighted by Gasteiger charge is 2.28. The summed E-state index contributed by atoms with van der Waals surface area (Å²) in [7, 11) is 0. The highest BCUT2D eigenvalue weighted by atomic mass is 127. The number of hydrogen-bond acceptors (Lipinski definition) is 0. The molecular formula is C10H10I2. The van der Waals surface area contributed by atoms with Gasteiger partial charge >= 0.3 is 0 Å². The van der Waals surface area contributed by atoms with Crippen LogP contribution in [0.4, 0.5) is 0 Å². The molecule has 0 aromatic heterocycles. The summed E-state index contributed by atoms with van der Waals surface area (Å²) >= 11 is 5.08. The minimum Gasteiger partial charge on any atom is -0.0857 e. The molecule has 0 nitrogen and oxygen atoms in total. The van der Waals surface area contributed by atoms with E-state index in [1.807, 2.05) is 0 Å². The van der Waals surface area contributed by atoms with Crippen molar-refractivity contribution >= 4 is 45.2 Å². The molecule has 12 heavy (non-hydrogen) atoms. The molecule has 1 aliphatic rings. The number of alkyl halides is 2.